The number of benzene rings is 1. The number of rotatable bonds is 5. The van der Waals surface area contributed by atoms with E-state index in [0.717, 1.165) is 24.2 Å². The van der Waals surface area contributed by atoms with Gasteiger partial charge in [-0.3, -0.25) is 0 Å². The molecule has 0 bridgehead atoms. The third-order valence-corrected chi connectivity index (χ3v) is 4.94. The smallest absolute Gasteiger partial charge is 0.338 e. The van der Waals surface area contributed by atoms with Crippen LogP contribution < -0.4 is 5.32 Å². The van der Waals surface area contributed by atoms with Gasteiger partial charge in [0.15, 0.2) is 17.0 Å². The van der Waals surface area contributed by atoms with Crippen molar-refractivity contribution in [3.63, 3.8) is 0 Å². The van der Waals surface area contributed by atoms with Crippen LogP contribution in [0.25, 0.3) is 11.2 Å². The monoisotopic (exact) mass is 385 g/mol. The Morgan fingerprint density at radius 2 is 2.00 bits per heavy atom. The number of anilines is 2. The number of fused-ring (bicyclic) bond motifs is 1. The van der Waals surface area contributed by atoms with Crippen LogP contribution in [0.1, 0.15) is 49.0 Å². The van der Waals surface area contributed by atoms with Gasteiger partial charge in [0.1, 0.15) is 0 Å². The van der Waals surface area contributed by atoms with Gasteiger partial charge in [-0.15, -0.1) is 0 Å². The molecule has 1 aromatic carbocycles. The van der Waals surface area contributed by atoms with E-state index in [1.54, 1.807) is 31.2 Å². The molecule has 4 rings (SSSR count). The quantitative estimate of drug-likeness (QED) is 0.513. The van der Waals surface area contributed by atoms with Crippen LogP contribution in [0.15, 0.2) is 30.6 Å². The average molecular weight is 386 g/mol. The van der Waals surface area contributed by atoms with E-state index in [2.05, 4.69) is 24.8 Å². The number of nitrogens with one attached hydrogen (secondary N) is 1. The maximum absolute atomic E-state index is 11.8. The minimum absolute atomic E-state index is 0.174. The van der Waals surface area contributed by atoms with Gasteiger partial charge in [-0.05, 0) is 55.6 Å². The van der Waals surface area contributed by atoms with Gasteiger partial charge in [0.05, 0.1) is 18.5 Å². The van der Waals surface area contributed by atoms with E-state index >= 15 is 0 Å². The van der Waals surface area contributed by atoms with Crippen molar-refractivity contribution in [2.45, 2.75) is 38.6 Å². The lowest BCUT2D eigenvalue weighted by atomic mass is 10.2. The number of esters is 1. The summed E-state index contributed by atoms with van der Waals surface area (Å²) < 4.78 is 7.10. The Balaban J connectivity index is 1.63. The average Bonchev–Trinajstić information content (AvgIpc) is 3.31. The lowest BCUT2D eigenvalue weighted by Gasteiger charge is -2.12. The fourth-order valence-electron chi connectivity index (χ4n) is 3.47. The zero-order chi connectivity index (χ0) is 18.8. The van der Waals surface area contributed by atoms with Crippen LogP contribution in [-0.4, -0.2) is 32.1 Å². The van der Waals surface area contributed by atoms with Gasteiger partial charge < -0.3 is 14.6 Å². The molecule has 1 N–H and O–H groups in total. The molecular weight excluding hydrogens is 366 g/mol. The topological polar surface area (TPSA) is 81.9 Å². The first-order valence-electron chi connectivity index (χ1n) is 9.10. The van der Waals surface area contributed by atoms with Crippen molar-refractivity contribution in [1.29, 1.82) is 0 Å². The number of carbonyl (C=O) groups is 1. The molecule has 0 radical (unpaired) electrons. The highest BCUT2D eigenvalue weighted by Gasteiger charge is 2.21. The van der Waals surface area contributed by atoms with Crippen molar-refractivity contribution in [3.8, 4) is 0 Å². The highest BCUT2D eigenvalue weighted by Crippen LogP contribution is 2.33. The predicted molar refractivity (Wildman–Crippen MR) is 104 cm³/mol. The number of ether oxygens (including phenoxy) is 1. The molecule has 140 valence electrons. The summed E-state index contributed by atoms with van der Waals surface area (Å²) in [6.45, 7) is 2.13. The summed E-state index contributed by atoms with van der Waals surface area (Å²) in [6, 6.07) is 7.41. The number of halogens is 1. The second-order valence-corrected chi connectivity index (χ2v) is 6.86. The molecule has 7 nitrogen and oxygen atoms in total. The number of nitrogens with zero attached hydrogens (tertiary/aromatic N) is 4. The molecule has 3 aromatic rings. The Bertz CT molecular complexity index is 964. The zero-order valence-corrected chi connectivity index (χ0v) is 15.7. The highest BCUT2D eigenvalue weighted by atomic mass is 35.5. The second kappa shape index (κ2) is 7.52. The Kier molecular flexibility index (Phi) is 4.94. The Morgan fingerprint density at radius 1 is 1.26 bits per heavy atom. The summed E-state index contributed by atoms with van der Waals surface area (Å²) in [5.41, 5.74) is 2.70. The minimum Gasteiger partial charge on any atom is -0.462 e. The van der Waals surface area contributed by atoms with Crippen LogP contribution >= 0.6 is 11.6 Å². The SMILES string of the molecule is CCOC(=O)c1ccc(Nc2nc(Cl)nc3c2ncn3C2CCCC2)cc1. The van der Waals surface area contributed by atoms with E-state index < -0.39 is 0 Å². The summed E-state index contributed by atoms with van der Waals surface area (Å²) in [6.07, 6.45) is 6.53. The molecular formula is C19H20ClN5O2. The molecule has 8 heteroatoms. The molecule has 1 aliphatic rings. The highest BCUT2D eigenvalue weighted by molar-refractivity contribution is 6.28. The molecule has 0 amide bonds. The third kappa shape index (κ3) is 3.60. The predicted octanol–water partition coefficient (Wildman–Crippen LogP) is 4.52. The maximum Gasteiger partial charge on any atom is 0.338 e. The second-order valence-electron chi connectivity index (χ2n) is 6.53. The molecule has 1 saturated carbocycles. The summed E-state index contributed by atoms with van der Waals surface area (Å²) in [5.74, 6) is 0.206. The number of imidazole rings is 1. The van der Waals surface area contributed by atoms with Crippen LogP contribution in [0, 0.1) is 0 Å². The largest absolute Gasteiger partial charge is 0.462 e. The van der Waals surface area contributed by atoms with Gasteiger partial charge in [-0.2, -0.15) is 9.97 Å². The molecule has 0 spiro atoms. The first kappa shape index (κ1) is 17.7. The van der Waals surface area contributed by atoms with E-state index in [9.17, 15) is 4.79 Å². The van der Waals surface area contributed by atoms with Gasteiger partial charge in [0.25, 0.3) is 0 Å². The molecule has 27 heavy (non-hydrogen) atoms. The van der Waals surface area contributed by atoms with Crippen LogP contribution in [0.3, 0.4) is 0 Å². The summed E-state index contributed by atoms with van der Waals surface area (Å²) in [5, 5.41) is 3.40. The number of hydrogen-bond donors (Lipinski definition) is 1. The zero-order valence-electron chi connectivity index (χ0n) is 15.0. The van der Waals surface area contributed by atoms with E-state index in [4.69, 9.17) is 16.3 Å². The van der Waals surface area contributed by atoms with E-state index in [1.165, 1.54) is 12.8 Å². The normalized spacial score (nSPS) is 14.6. The van der Waals surface area contributed by atoms with Gasteiger partial charge in [-0.25, -0.2) is 9.78 Å². The standard InChI is InChI=1S/C19H20ClN5O2/c1-2-27-18(26)12-7-9-13(10-8-12)22-16-15-17(24-19(20)23-16)25(11-21-15)14-5-3-4-6-14/h7-11,14H,2-6H2,1H3,(H,22,23,24). The maximum atomic E-state index is 11.8. The van der Waals surface area contributed by atoms with Crippen LogP contribution in [0.4, 0.5) is 11.5 Å². The van der Waals surface area contributed by atoms with Gasteiger partial charge in [0, 0.05) is 11.7 Å². The fourth-order valence-corrected chi connectivity index (χ4v) is 3.63. The van der Waals surface area contributed by atoms with Crippen molar-refractivity contribution < 1.29 is 9.53 Å². The lowest BCUT2D eigenvalue weighted by Crippen LogP contribution is -2.05. The molecule has 1 aliphatic carbocycles. The molecule has 2 aromatic heterocycles. The van der Waals surface area contributed by atoms with E-state index in [1.807, 2.05) is 6.33 Å². The van der Waals surface area contributed by atoms with Crippen molar-refractivity contribution in [1.82, 2.24) is 19.5 Å². The minimum atomic E-state index is -0.341. The first-order chi connectivity index (χ1) is 13.2. The van der Waals surface area contributed by atoms with Crippen LogP contribution in [0.5, 0.6) is 0 Å². The molecule has 2 heterocycles. The first-order valence-corrected chi connectivity index (χ1v) is 9.48. The summed E-state index contributed by atoms with van der Waals surface area (Å²) >= 11 is 6.16. The third-order valence-electron chi connectivity index (χ3n) is 4.77. The van der Waals surface area contributed by atoms with Crippen molar-refractivity contribution >= 4 is 40.2 Å². The summed E-state index contributed by atoms with van der Waals surface area (Å²) in [4.78, 5) is 25.0. The van der Waals surface area contributed by atoms with Crippen molar-refractivity contribution in [2.75, 3.05) is 11.9 Å². The van der Waals surface area contributed by atoms with Crippen molar-refractivity contribution in [3.05, 3.63) is 41.4 Å². The molecule has 0 unspecified atom stereocenters. The molecule has 0 saturated heterocycles. The number of aromatic nitrogens is 4. The molecule has 0 atom stereocenters. The Hall–Kier alpha value is -2.67. The van der Waals surface area contributed by atoms with E-state index in [-0.39, 0.29) is 11.3 Å². The number of carbonyl (C=O) groups excluding carboxylic acids is 1. The van der Waals surface area contributed by atoms with Crippen molar-refractivity contribution in [2.24, 2.45) is 0 Å². The van der Waals surface area contributed by atoms with Crippen LogP contribution in [0.2, 0.25) is 5.28 Å². The Labute approximate surface area is 161 Å². The summed E-state index contributed by atoms with van der Waals surface area (Å²) in [7, 11) is 0. The van der Waals surface area contributed by atoms with Crippen LogP contribution in [-0.2, 0) is 4.74 Å². The van der Waals surface area contributed by atoms with E-state index in [0.29, 0.717) is 29.5 Å². The Morgan fingerprint density at radius 3 is 2.70 bits per heavy atom. The number of hydrogen-bond acceptors (Lipinski definition) is 6. The molecule has 0 aliphatic heterocycles. The fraction of sp³-hybridized carbons (Fsp3) is 0.368. The molecule has 1 fully saturated rings. The van der Waals surface area contributed by atoms with Gasteiger partial charge in [0.2, 0.25) is 5.28 Å². The lowest BCUT2D eigenvalue weighted by molar-refractivity contribution is 0.0526. The van der Waals surface area contributed by atoms with Gasteiger partial charge >= 0.3 is 5.97 Å². The van der Waals surface area contributed by atoms with Gasteiger partial charge in [-0.1, -0.05) is 12.8 Å².